The van der Waals surface area contributed by atoms with Crippen LogP contribution in [0.1, 0.15) is 38.4 Å². The molecule has 2 rings (SSSR count). The van der Waals surface area contributed by atoms with Gasteiger partial charge in [-0.15, -0.1) is 0 Å². The highest BCUT2D eigenvalue weighted by Gasteiger charge is 2.27. The predicted molar refractivity (Wildman–Crippen MR) is 84.4 cm³/mol. The molecular weight excluding hydrogens is 250 g/mol. The van der Waals surface area contributed by atoms with Gasteiger partial charge in [0.05, 0.1) is 0 Å². The van der Waals surface area contributed by atoms with E-state index >= 15 is 0 Å². The monoisotopic (exact) mass is 277 g/mol. The van der Waals surface area contributed by atoms with Crippen molar-refractivity contribution in [3.8, 4) is 0 Å². The van der Waals surface area contributed by atoms with Crippen LogP contribution in [0.3, 0.4) is 0 Å². The first kappa shape index (κ1) is 15.0. The number of rotatable bonds is 7. The topological polar surface area (TPSA) is 53.1 Å². The molecule has 1 aromatic heterocycles. The highest BCUT2D eigenvalue weighted by Crippen LogP contribution is 2.38. The summed E-state index contributed by atoms with van der Waals surface area (Å²) < 4.78 is 0. The Hall–Kier alpha value is -1.36. The molecule has 1 unspecified atom stereocenters. The SMILES string of the molecule is CNc1cc(NC(CN(C)C)C(C)C)nc(C2CC2)n1. The van der Waals surface area contributed by atoms with Crippen LogP contribution in [0.15, 0.2) is 6.07 Å². The lowest BCUT2D eigenvalue weighted by atomic mass is 10.0. The maximum absolute atomic E-state index is 4.69. The van der Waals surface area contributed by atoms with Crippen molar-refractivity contribution in [2.75, 3.05) is 38.3 Å². The summed E-state index contributed by atoms with van der Waals surface area (Å²) in [4.78, 5) is 11.5. The van der Waals surface area contributed by atoms with Gasteiger partial charge in [0.2, 0.25) is 0 Å². The number of nitrogens with zero attached hydrogens (tertiary/aromatic N) is 3. The molecule has 1 aliphatic rings. The lowest BCUT2D eigenvalue weighted by Crippen LogP contribution is -2.36. The first-order valence-corrected chi connectivity index (χ1v) is 7.47. The predicted octanol–water partition coefficient (Wildman–Crippen LogP) is 2.39. The van der Waals surface area contributed by atoms with Crippen molar-refractivity contribution < 1.29 is 0 Å². The summed E-state index contributed by atoms with van der Waals surface area (Å²) in [6.07, 6.45) is 2.44. The summed E-state index contributed by atoms with van der Waals surface area (Å²) >= 11 is 0. The molecule has 0 radical (unpaired) electrons. The van der Waals surface area contributed by atoms with Crippen molar-refractivity contribution in [1.29, 1.82) is 0 Å². The largest absolute Gasteiger partial charge is 0.373 e. The van der Waals surface area contributed by atoms with Crippen molar-refractivity contribution in [2.24, 2.45) is 5.92 Å². The van der Waals surface area contributed by atoms with Gasteiger partial charge in [-0.3, -0.25) is 0 Å². The van der Waals surface area contributed by atoms with Crippen LogP contribution in [0.2, 0.25) is 0 Å². The third kappa shape index (κ3) is 4.07. The average molecular weight is 277 g/mol. The highest BCUT2D eigenvalue weighted by atomic mass is 15.1. The van der Waals surface area contributed by atoms with Crippen LogP contribution in [0.25, 0.3) is 0 Å². The quantitative estimate of drug-likeness (QED) is 0.801. The molecule has 0 aliphatic heterocycles. The molecule has 0 saturated heterocycles. The zero-order valence-electron chi connectivity index (χ0n) is 13.3. The van der Waals surface area contributed by atoms with Gasteiger partial charge in [-0.05, 0) is 32.9 Å². The summed E-state index contributed by atoms with van der Waals surface area (Å²) in [5.74, 6) is 3.93. The summed E-state index contributed by atoms with van der Waals surface area (Å²) in [6, 6.07) is 2.38. The van der Waals surface area contributed by atoms with E-state index in [0.29, 0.717) is 17.9 Å². The minimum atomic E-state index is 0.386. The van der Waals surface area contributed by atoms with Gasteiger partial charge in [0.25, 0.3) is 0 Å². The Bertz CT molecular complexity index is 440. The van der Waals surface area contributed by atoms with Crippen LogP contribution in [-0.2, 0) is 0 Å². The number of hydrogen-bond acceptors (Lipinski definition) is 5. The molecule has 0 spiro atoms. The van der Waals surface area contributed by atoms with Gasteiger partial charge in [0, 0.05) is 31.6 Å². The molecule has 5 nitrogen and oxygen atoms in total. The molecule has 0 bridgehead atoms. The van der Waals surface area contributed by atoms with Gasteiger partial charge in [0.1, 0.15) is 17.5 Å². The first-order valence-electron chi connectivity index (χ1n) is 7.47. The van der Waals surface area contributed by atoms with Crippen LogP contribution in [0, 0.1) is 5.92 Å². The lowest BCUT2D eigenvalue weighted by Gasteiger charge is -2.26. The lowest BCUT2D eigenvalue weighted by molar-refractivity contribution is 0.344. The molecule has 1 aliphatic carbocycles. The van der Waals surface area contributed by atoms with Gasteiger partial charge < -0.3 is 15.5 Å². The zero-order valence-corrected chi connectivity index (χ0v) is 13.3. The molecule has 5 heteroatoms. The second-order valence-electron chi connectivity index (χ2n) is 6.28. The summed E-state index contributed by atoms with van der Waals surface area (Å²) in [5, 5.41) is 6.71. The summed E-state index contributed by atoms with van der Waals surface area (Å²) in [6.45, 7) is 5.47. The van der Waals surface area contributed by atoms with Crippen molar-refractivity contribution >= 4 is 11.6 Å². The summed E-state index contributed by atoms with van der Waals surface area (Å²) in [5.41, 5.74) is 0. The fraction of sp³-hybridized carbons (Fsp3) is 0.733. The minimum absolute atomic E-state index is 0.386. The molecule has 1 heterocycles. The normalized spacial score (nSPS) is 16.6. The molecule has 1 saturated carbocycles. The Labute approximate surface area is 122 Å². The molecule has 1 aromatic rings. The van der Waals surface area contributed by atoms with Gasteiger partial charge in [-0.2, -0.15) is 0 Å². The highest BCUT2D eigenvalue weighted by molar-refractivity contribution is 5.48. The van der Waals surface area contributed by atoms with Crippen molar-refractivity contribution in [3.05, 3.63) is 11.9 Å². The molecule has 2 N–H and O–H groups in total. The van der Waals surface area contributed by atoms with E-state index in [2.05, 4.69) is 48.5 Å². The third-order valence-electron chi connectivity index (χ3n) is 3.64. The Kier molecular flexibility index (Phi) is 4.81. The Morgan fingerprint density at radius 1 is 1.25 bits per heavy atom. The maximum Gasteiger partial charge on any atom is 0.136 e. The van der Waals surface area contributed by atoms with Crippen LogP contribution < -0.4 is 10.6 Å². The molecule has 1 fully saturated rings. The van der Waals surface area contributed by atoms with Crippen LogP contribution in [0.5, 0.6) is 0 Å². The molecular formula is C15H27N5. The van der Waals surface area contributed by atoms with Crippen molar-refractivity contribution in [1.82, 2.24) is 14.9 Å². The Morgan fingerprint density at radius 3 is 2.40 bits per heavy atom. The van der Waals surface area contributed by atoms with Crippen LogP contribution >= 0.6 is 0 Å². The van der Waals surface area contributed by atoms with E-state index in [4.69, 9.17) is 4.98 Å². The second-order valence-corrected chi connectivity index (χ2v) is 6.28. The smallest absolute Gasteiger partial charge is 0.136 e. The standard InChI is InChI=1S/C15H27N5/c1-10(2)12(9-20(4)5)17-14-8-13(16-3)18-15(19-14)11-6-7-11/h8,10-12H,6-7,9H2,1-5H3,(H2,16,17,18,19). The van der Waals surface area contributed by atoms with E-state index in [1.165, 1.54) is 12.8 Å². The number of aromatic nitrogens is 2. The van der Waals surface area contributed by atoms with E-state index < -0.39 is 0 Å². The molecule has 0 amide bonds. The minimum Gasteiger partial charge on any atom is -0.373 e. The van der Waals surface area contributed by atoms with Crippen molar-refractivity contribution in [2.45, 2.75) is 38.6 Å². The van der Waals surface area contributed by atoms with E-state index in [1.54, 1.807) is 0 Å². The number of anilines is 2. The molecule has 112 valence electrons. The average Bonchev–Trinajstić information content (AvgIpc) is 3.21. The van der Waals surface area contributed by atoms with Gasteiger partial charge in [-0.25, -0.2) is 9.97 Å². The van der Waals surface area contributed by atoms with Gasteiger partial charge in [-0.1, -0.05) is 13.8 Å². The van der Waals surface area contributed by atoms with Crippen LogP contribution in [0.4, 0.5) is 11.6 Å². The second kappa shape index (κ2) is 6.39. The maximum atomic E-state index is 4.69. The number of likely N-dealkylation sites (N-methyl/N-ethyl adjacent to an activating group) is 1. The Balaban J connectivity index is 2.15. The van der Waals surface area contributed by atoms with Crippen LogP contribution in [-0.4, -0.2) is 48.6 Å². The van der Waals surface area contributed by atoms with Gasteiger partial charge in [0.15, 0.2) is 0 Å². The van der Waals surface area contributed by atoms with E-state index in [9.17, 15) is 0 Å². The fourth-order valence-corrected chi connectivity index (χ4v) is 2.20. The zero-order chi connectivity index (χ0) is 14.7. The van der Waals surface area contributed by atoms with Crippen molar-refractivity contribution in [3.63, 3.8) is 0 Å². The third-order valence-corrected chi connectivity index (χ3v) is 3.64. The van der Waals surface area contributed by atoms with E-state index in [-0.39, 0.29) is 0 Å². The number of nitrogens with one attached hydrogen (secondary N) is 2. The van der Waals surface area contributed by atoms with E-state index in [0.717, 1.165) is 24.0 Å². The van der Waals surface area contributed by atoms with E-state index in [1.807, 2.05) is 13.1 Å². The molecule has 0 aromatic carbocycles. The Morgan fingerprint density at radius 2 is 1.90 bits per heavy atom. The summed E-state index contributed by atoms with van der Waals surface area (Å²) in [7, 11) is 6.11. The molecule has 1 atom stereocenters. The first-order chi connectivity index (χ1) is 9.49. The molecule has 20 heavy (non-hydrogen) atoms. The fourth-order valence-electron chi connectivity index (χ4n) is 2.20. The number of hydrogen-bond donors (Lipinski definition) is 2. The van der Waals surface area contributed by atoms with Gasteiger partial charge >= 0.3 is 0 Å².